The molecular formula is C30H30Cl4N3O4P3. The maximum absolute atomic E-state index is 9.66. The Hall–Kier alpha value is -2.07. The molecule has 0 amide bonds. The van der Waals surface area contributed by atoms with Crippen LogP contribution in [0.25, 0.3) is 0 Å². The SMILES string of the molecule is CC(C)(c1ccc(O)cc1)c1ccc(OP2(Cl)=NP(Cl)(Cl)=NP(Cl)(Oc3ccc(C(C)(C)c4ccc(O)cc4)cc3)=N2)cc1. The lowest BCUT2D eigenvalue weighted by Crippen LogP contribution is -2.18. The molecule has 7 nitrogen and oxygen atoms in total. The minimum Gasteiger partial charge on any atom is -0.508 e. The van der Waals surface area contributed by atoms with Crippen LogP contribution in [0.5, 0.6) is 23.0 Å². The van der Waals surface area contributed by atoms with Crippen LogP contribution < -0.4 is 9.05 Å². The van der Waals surface area contributed by atoms with E-state index in [1.54, 1.807) is 48.5 Å². The second kappa shape index (κ2) is 12.3. The number of rotatable bonds is 8. The van der Waals surface area contributed by atoms with Crippen molar-refractivity contribution < 1.29 is 19.3 Å². The Bertz CT molecular complexity index is 1730. The van der Waals surface area contributed by atoms with Crippen molar-refractivity contribution in [3.05, 3.63) is 119 Å². The van der Waals surface area contributed by atoms with E-state index in [4.69, 9.17) is 54.0 Å². The summed E-state index contributed by atoms with van der Waals surface area (Å²) in [5.74, 6) is -2.13. The Balaban J connectivity index is 1.38. The molecule has 2 atom stereocenters. The molecule has 4 aromatic rings. The molecule has 14 heteroatoms. The number of hydrogen-bond acceptors (Lipinski definition) is 7. The van der Waals surface area contributed by atoms with Gasteiger partial charge in [-0.25, -0.2) is 0 Å². The molecule has 0 saturated heterocycles. The molecule has 4 aromatic carbocycles. The van der Waals surface area contributed by atoms with Gasteiger partial charge in [0.25, 0.3) is 5.91 Å². The molecule has 0 aromatic heterocycles. The van der Waals surface area contributed by atoms with Gasteiger partial charge in [0.15, 0.2) is 0 Å². The summed E-state index contributed by atoms with van der Waals surface area (Å²) in [4.78, 5) is 0. The van der Waals surface area contributed by atoms with Gasteiger partial charge in [-0.3, -0.25) is 0 Å². The van der Waals surface area contributed by atoms with Crippen LogP contribution in [0.15, 0.2) is 111 Å². The van der Waals surface area contributed by atoms with Gasteiger partial charge in [0.1, 0.15) is 23.0 Å². The highest BCUT2D eigenvalue weighted by molar-refractivity contribution is 8.17. The summed E-state index contributed by atoms with van der Waals surface area (Å²) < 4.78 is 25.2. The van der Waals surface area contributed by atoms with E-state index in [9.17, 15) is 10.2 Å². The normalized spacial score (nSPS) is 21.4. The van der Waals surface area contributed by atoms with E-state index in [1.165, 1.54) is 0 Å². The number of halogens is 4. The van der Waals surface area contributed by atoms with Crippen LogP contribution in [0.2, 0.25) is 0 Å². The van der Waals surface area contributed by atoms with Crippen molar-refractivity contribution in [1.82, 2.24) is 0 Å². The maximum Gasteiger partial charge on any atom is 0.352 e. The van der Waals surface area contributed by atoms with Gasteiger partial charge in [-0.2, -0.15) is 9.03 Å². The van der Waals surface area contributed by atoms with Crippen LogP contribution in [-0.4, -0.2) is 10.2 Å². The summed E-state index contributed by atoms with van der Waals surface area (Å²) in [7, 11) is 0. The maximum atomic E-state index is 9.66. The first-order chi connectivity index (χ1) is 20.5. The lowest BCUT2D eigenvalue weighted by molar-refractivity contribution is 0.474. The van der Waals surface area contributed by atoms with Crippen LogP contribution in [0.4, 0.5) is 0 Å². The molecule has 0 aliphatic carbocycles. The Labute approximate surface area is 276 Å². The summed E-state index contributed by atoms with van der Waals surface area (Å²) in [5, 5.41) is 19.3. The van der Waals surface area contributed by atoms with Gasteiger partial charge in [0.05, 0.1) is 0 Å². The summed E-state index contributed by atoms with van der Waals surface area (Å²) >= 11 is 26.6. The average Bonchev–Trinajstić information content (AvgIpc) is 2.92. The quantitative estimate of drug-likeness (QED) is 0.176. The molecule has 0 fully saturated rings. The fraction of sp³-hybridized carbons (Fsp3) is 0.200. The van der Waals surface area contributed by atoms with E-state index in [2.05, 4.69) is 41.2 Å². The number of benzene rings is 4. The van der Waals surface area contributed by atoms with Crippen molar-refractivity contribution in [1.29, 1.82) is 0 Å². The van der Waals surface area contributed by atoms with Gasteiger partial charge < -0.3 is 19.3 Å². The predicted molar refractivity (Wildman–Crippen MR) is 186 cm³/mol. The summed E-state index contributed by atoms with van der Waals surface area (Å²) in [6.07, 6.45) is 0. The Morgan fingerprint density at radius 3 is 1.11 bits per heavy atom. The van der Waals surface area contributed by atoms with E-state index in [-0.39, 0.29) is 22.3 Å². The Morgan fingerprint density at radius 2 is 0.773 bits per heavy atom. The molecule has 1 heterocycles. The van der Waals surface area contributed by atoms with Gasteiger partial charge in [0, 0.05) is 10.8 Å². The van der Waals surface area contributed by atoms with Crippen LogP contribution >= 0.6 is 64.4 Å². The van der Waals surface area contributed by atoms with Crippen molar-refractivity contribution in [3.8, 4) is 23.0 Å². The molecule has 0 spiro atoms. The van der Waals surface area contributed by atoms with Gasteiger partial charge in [0.2, 0.25) is 0 Å². The number of phenols is 2. The molecule has 44 heavy (non-hydrogen) atoms. The largest absolute Gasteiger partial charge is 0.508 e. The average molecular weight is 731 g/mol. The van der Waals surface area contributed by atoms with Crippen LogP contribution in [-0.2, 0) is 10.8 Å². The predicted octanol–water partition coefficient (Wildman–Crippen LogP) is 13.0. The molecule has 0 bridgehead atoms. The van der Waals surface area contributed by atoms with E-state index in [1.807, 2.05) is 48.5 Å². The van der Waals surface area contributed by atoms with Crippen molar-refractivity contribution in [2.24, 2.45) is 13.5 Å². The molecule has 0 radical (unpaired) electrons. The van der Waals surface area contributed by atoms with E-state index < -0.39 is 19.5 Å². The number of phenolic OH excluding ortho intramolecular Hbond substituents is 2. The minimum atomic E-state index is -3.51. The fourth-order valence-electron chi connectivity index (χ4n) is 4.75. The van der Waals surface area contributed by atoms with Gasteiger partial charge in [-0.1, -0.05) is 76.2 Å². The Morgan fingerprint density at radius 1 is 0.477 bits per heavy atom. The topological polar surface area (TPSA) is 96.0 Å². The number of aromatic hydroxyl groups is 2. The van der Waals surface area contributed by atoms with Crippen molar-refractivity contribution in [3.63, 3.8) is 0 Å². The first kappa shape index (κ1) is 33.3. The van der Waals surface area contributed by atoms with Crippen LogP contribution in [0.3, 0.4) is 0 Å². The van der Waals surface area contributed by atoms with Crippen molar-refractivity contribution >= 4 is 64.4 Å². The zero-order valence-corrected chi connectivity index (χ0v) is 29.9. The van der Waals surface area contributed by atoms with Gasteiger partial charge >= 0.3 is 13.6 Å². The zero-order chi connectivity index (χ0) is 32.0. The Kier molecular flexibility index (Phi) is 9.29. The molecular weight excluding hydrogens is 701 g/mol. The lowest BCUT2D eigenvalue weighted by Gasteiger charge is -2.27. The minimum absolute atomic E-state index is 0.211. The summed E-state index contributed by atoms with van der Waals surface area (Å²) in [6, 6.07) is 29.0. The molecule has 232 valence electrons. The third-order valence-electron chi connectivity index (χ3n) is 7.43. The number of hydrogen-bond donors (Lipinski definition) is 2. The molecule has 5 rings (SSSR count). The highest BCUT2D eigenvalue weighted by Crippen LogP contribution is 2.84. The van der Waals surface area contributed by atoms with E-state index in [0.29, 0.717) is 11.5 Å². The third kappa shape index (κ3) is 7.48. The molecule has 2 unspecified atom stereocenters. The first-order valence-corrected chi connectivity index (χ1v) is 21.9. The van der Waals surface area contributed by atoms with Crippen molar-refractivity contribution in [2.45, 2.75) is 38.5 Å². The summed E-state index contributed by atoms with van der Waals surface area (Å²) in [6.45, 7) is 1.33. The fourth-order valence-corrected chi connectivity index (χ4v) is 19.5. The molecule has 2 N–H and O–H groups in total. The van der Waals surface area contributed by atoms with Gasteiger partial charge in [-0.15, -0.1) is 4.52 Å². The second-order valence-corrected chi connectivity index (χ2v) is 22.5. The van der Waals surface area contributed by atoms with E-state index in [0.717, 1.165) is 22.3 Å². The molecule has 1 aliphatic rings. The smallest absolute Gasteiger partial charge is 0.352 e. The third-order valence-corrected chi connectivity index (χ3v) is 18.9. The lowest BCUT2D eigenvalue weighted by atomic mass is 9.78. The monoisotopic (exact) mass is 729 g/mol. The van der Waals surface area contributed by atoms with Crippen LogP contribution in [0.1, 0.15) is 49.9 Å². The summed E-state index contributed by atoms with van der Waals surface area (Å²) in [5.41, 5.74) is 3.42. The zero-order valence-electron chi connectivity index (χ0n) is 24.1. The second-order valence-electron chi connectivity index (χ2n) is 11.2. The van der Waals surface area contributed by atoms with Gasteiger partial charge in [-0.05, 0) is 116 Å². The molecule has 1 aliphatic heterocycles. The highest BCUT2D eigenvalue weighted by atomic mass is 35.9. The van der Waals surface area contributed by atoms with Crippen LogP contribution in [0, 0.1) is 0 Å². The molecule has 0 saturated carbocycles. The van der Waals surface area contributed by atoms with Crippen molar-refractivity contribution in [2.75, 3.05) is 0 Å². The standard InChI is InChI=1S/C30H30Cl4N3O4P3/c1-29(2,21-5-13-25(38)14-6-21)23-9-17-27(18-10-23)40-43(33)35-42(31,32)36-44(34,37-43)41-28-19-11-24(12-20-28)30(3,4)22-7-15-26(39)16-8-22/h5-20,38-39H,1-4H3. The highest BCUT2D eigenvalue weighted by Gasteiger charge is 2.37. The number of nitrogens with zero attached hydrogens (tertiary/aromatic N) is 3. The van der Waals surface area contributed by atoms with E-state index >= 15 is 0 Å². The first-order valence-electron chi connectivity index (χ1n) is 13.4.